The molecule has 0 saturated heterocycles. The number of carbonyl (C=O) groups is 2. The van der Waals surface area contributed by atoms with Crippen LogP contribution >= 0.6 is 0 Å². The fourth-order valence-corrected chi connectivity index (χ4v) is 3.99. The van der Waals surface area contributed by atoms with E-state index < -0.39 is 5.91 Å². The number of hydrogen-bond acceptors (Lipinski definition) is 3. The van der Waals surface area contributed by atoms with Crippen molar-refractivity contribution in [2.24, 2.45) is 5.92 Å². The summed E-state index contributed by atoms with van der Waals surface area (Å²) in [5.74, 6) is -0.323. The van der Waals surface area contributed by atoms with E-state index in [1.54, 1.807) is 11.0 Å². The zero-order valence-corrected chi connectivity index (χ0v) is 15.6. The van der Waals surface area contributed by atoms with Crippen molar-refractivity contribution in [3.8, 4) is 6.07 Å². The molecule has 1 saturated carbocycles. The van der Waals surface area contributed by atoms with Gasteiger partial charge in [0, 0.05) is 17.6 Å². The maximum atomic E-state index is 13.0. The molecule has 5 nitrogen and oxygen atoms in total. The SMILES string of the molecule is CC1CCCCC1NC(=O)C(C#N)=C1C(=O)N(C(C)C)c2ccccc21. The van der Waals surface area contributed by atoms with Gasteiger partial charge in [-0.05, 0) is 38.7 Å². The lowest BCUT2D eigenvalue weighted by Crippen LogP contribution is -2.42. The minimum Gasteiger partial charge on any atom is -0.348 e. The Morgan fingerprint density at radius 3 is 2.62 bits per heavy atom. The van der Waals surface area contributed by atoms with Crippen molar-refractivity contribution in [1.82, 2.24) is 5.32 Å². The summed E-state index contributed by atoms with van der Waals surface area (Å²) in [5.41, 5.74) is 1.56. The molecule has 2 aliphatic rings. The van der Waals surface area contributed by atoms with Gasteiger partial charge in [-0.25, -0.2) is 0 Å². The number of carbonyl (C=O) groups excluding carboxylic acids is 2. The van der Waals surface area contributed by atoms with Gasteiger partial charge in [0.2, 0.25) is 0 Å². The Bertz CT molecular complexity index is 804. The number of fused-ring (bicyclic) bond motifs is 1. The van der Waals surface area contributed by atoms with E-state index in [0.29, 0.717) is 11.5 Å². The average molecular weight is 351 g/mol. The number of nitrogens with zero attached hydrogens (tertiary/aromatic N) is 2. The fraction of sp³-hybridized carbons (Fsp3) is 0.476. The predicted octanol–water partition coefficient (Wildman–Crippen LogP) is 3.41. The van der Waals surface area contributed by atoms with Crippen molar-refractivity contribution in [3.63, 3.8) is 0 Å². The van der Waals surface area contributed by atoms with Crippen LogP contribution < -0.4 is 10.2 Å². The molecule has 2 unspecified atom stereocenters. The van der Waals surface area contributed by atoms with Gasteiger partial charge in [0.1, 0.15) is 11.6 Å². The minimum absolute atomic E-state index is 0.0532. The molecule has 136 valence electrons. The number of nitrogens with one attached hydrogen (secondary N) is 1. The Balaban J connectivity index is 1.99. The fourth-order valence-electron chi connectivity index (χ4n) is 3.99. The van der Waals surface area contributed by atoms with Gasteiger partial charge in [0.05, 0.1) is 11.3 Å². The van der Waals surface area contributed by atoms with E-state index in [-0.39, 0.29) is 29.1 Å². The molecule has 5 heteroatoms. The molecule has 2 atom stereocenters. The van der Waals surface area contributed by atoms with Crippen molar-refractivity contribution >= 4 is 23.1 Å². The van der Waals surface area contributed by atoms with Crippen LogP contribution in [0.2, 0.25) is 0 Å². The summed E-state index contributed by atoms with van der Waals surface area (Å²) in [6.45, 7) is 5.97. The summed E-state index contributed by atoms with van der Waals surface area (Å²) in [6, 6.07) is 9.36. The summed E-state index contributed by atoms with van der Waals surface area (Å²) in [5, 5.41) is 12.7. The number of para-hydroxylation sites is 1. The highest BCUT2D eigenvalue weighted by atomic mass is 16.2. The van der Waals surface area contributed by atoms with E-state index in [0.717, 1.165) is 24.9 Å². The summed E-state index contributed by atoms with van der Waals surface area (Å²) in [7, 11) is 0. The first-order chi connectivity index (χ1) is 12.5. The molecule has 1 heterocycles. The number of rotatable bonds is 3. The van der Waals surface area contributed by atoms with E-state index in [9.17, 15) is 14.9 Å². The number of benzene rings is 1. The van der Waals surface area contributed by atoms with Crippen molar-refractivity contribution in [3.05, 3.63) is 35.4 Å². The Morgan fingerprint density at radius 2 is 1.96 bits per heavy atom. The van der Waals surface area contributed by atoms with Crippen LogP contribution in [0.4, 0.5) is 5.69 Å². The van der Waals surface area contributed by atoms with Gasteiger partial charge in [-0.1, -0.05) is 38.0 Å². The maximum Gasteiger partial charge on any atom is 0.263 e. The van der Waals surface area contributed by atoms with Crippen molar-refractivity contribution in [2.75, 3.05) is 4.90 Å². The number of hydrogen-bond donors (Lipinski definition) is 1. The lowest BCUT2D eigenvalue weighted by atomic mass is 9.85. The second-order valence-electron chi connectivity index (χ2n) is 7.49. The Kier molecular flexibility index (Phi) is 5.13. The van der Waals surface area contributed by atoms with Crippen molar-refractivity contribution < 1.29 is 9.59 Å². The summed E-state index contributed by atoms with van der Waals surface area (Å²) >= 11 is 0. The third-order valence-corrected chi connectivity index (χ3v) is 5.40. The van der Waals surface area contributed by atoms with Gasteiger partial charge in [-0.15, -0.1) is 0 Å². The molecule has 2 amide bonds. The van der Waals surface area contributed by atoms with E-state index >= 15 is 0 Å². The highest BCUT2D eigenvalue weighted by Gasteiger charge is 2.38. The normalized spacial score (nSPS) is 24.3. The van der Waals surface area contributed by atoms with Crippen LogP contribution in [0.25, 0.3) is 5.57 Å². The molecule has 1 aromatic rings. The highest BCUT2D eigenvalue weighted by molar-refractivity contribution is 6.37. The Labute approximate surface area is 154 Å². The summed E-state index contributed by atoms with van der Waals surface area (Å²) in [4.78, 5) is 27.5. The van der Waals surface area contributed by atoms with Gasteiger partial charge in [0.15, 0.2) is 0 Å². The maximum absolute atomic E-state index is 13.0. The first kappa shape index (κ1) is 18.2. The van der Waals surface area contributed by atoms with Crippen LogP contribution in [-0.4, -0.2) is 23.9 Å². The van der Waals surface area contributed by atoms with Gasteiger partial charge in [-0.2, -0.15) is 5.26 Å². The molecule has 0 radical (unpaired) electrons. The van der Waals surface area contributed by atoms with Gasteiger partial charge in [0.25, 0.3) is 11.8 Å². The number of amides is 2. The average Bonchev–Trinajstić information content (AvgIpc) is 2.90. The Morgan fingerprint density at radius 1 is 1.27 bits per heavy atom. The molecule has 3 rings (SSSR count). The number of nitriles is 1. The molecular weight excluding hydrogens is 326 g/mol. The molecule has 0 spiro atoms. The lowest BCUT2D eigenvalue weighted by Gasteiger charge is -2.29. The van der Waals surface area contributed by atoms with Gasteiger partial charge >= 0.3 is 0 Å². The van der Waals surface area contributed by atoms with Crippen LogP contribution in [0.15, 0.2) is 29.8 Å². The van der Waals surface area contributed by atoms with E-state index in [1.807, 2.05) is 38.1 Å². The quantitative estimate of drug-likeness (QED) is 0.670. The number of anilines is 1. The second kappa shape index (κ2) is 7.33. The molecule has 0 aromatic heterocycles. The van der Waals surface area contributed by atoms with Crippen LogP contribution in [0.5, 0.6) is 0 Å². The summed E-state index contributed by atoms with van der Waals surface area (Å²) < 4.78 is 0. The molecule has 1 aromatic carbocycles. The molecule has 1 N–H and O–H groups in total. The first-order valence-corrected chi connectivity index (χ1v) is 9.34. The first-order valence-electron chi connectivity index (χ1n) is 9.34. The van der Waals surface area contributed by atoms with E-state index in [4.69, 9.17) is 0 Å². The topological polar surface area (TPSA) is 73.2 Å². The molecule has 1 aliphatic heterocycles. The van der Waals surface area contributed by atoms with Crippen LogP contribution in [0, 0.1) is 17.2 Å². The third kappa shape index (κ3) is 3.12. The zero-order chi connectivity index (χ0) is 18.8. The molecule has 1 aliphatic carbocycles. The monoisotopic (exact) mass is 351 g/mol. The molecule has 1 fully saturated rings. The molecule has 0 bridgehead atoms. The lowest BCUT2D eigenvalue weighted by molar-refractivity contribution is -0.119. The minimum atomic E-state index is -0.435. The molecular formula is C21H25N3O2. The summed E-state index contributed by atoms with van der Waals surface area (Å²) in [6.07, 6.45) is 4.25. The zero-order valence-electron chi connectivity index (χ0n) is 15.6. The highest BCUT2D eigenvalue weighted by Crippen LogP contribution is 2.39. The Hall–Kier alpha value is -2.61. The van der Waals surface area contributed by atoms with Crippen molar-refractivity contribution in [2.45, 2.75) is 58.5 Å². The van der Waals surface area contributed by atoms with Gasteiger partial charge < -0.3 is 10.2 Å². The third-order valence-electron chi connectivity index (χ3n) is 5.40. The van der Waals surface area contributed by atoms with E-state index in [1.165, 1.54) is 6.42 Å². The molecule has 26 heavy (non-hydrogen) atoms. The predicted molar refractivity (Wildman–Crippen MR) is 101 cm³/mol. The second-order valence-corrected chi connectivity index (χ2v) is 7.49. The van der Waals surface area contributed by atoms with Crippen molar-refractivity contribution in [1.29, 1.82) is 5.26 Å². The van der Waals surface area contributed by atoms with Crippen LogP contribution in [0.3, 0.4) is 0 Å². The largest absolute Gasteiger partial charge is 0.348 e. The standard InChI is InChI=1S/C21H25N3O2/c1-13(2)24-18-11-7-5-9-15(18)19(21(24)26)16(12-22)20(25)23-17-10-6-4-8-14(17)3/h5,7,9,11,13-14,17H,4,6,8,10H2,1-3H3,(H,23,25). The van der Waals surface area contributed by atoms with Crippen LogP contribution in [-0.2, 0) is 9.59 Å². The van der Waals surface area contributed by atoms with Gasteiger partial charge in [-0.3, -0.25) is 9.59 Å². The van der Waals surface area contributed by atoms with Crippen LogP contribution in [0.1, 0.15) is 52.0 Å². The smallest absolute Gasteiger partial charge is 0.263 e. The van der Waals surface area contributed by atoms with E-state index in [2.05, 4.69) is 12.2 Å².